The normalized spacial score (nSPS) is 13.8. The molecule has 0 rings (SSSR count). The molecule has 0 aliphatic rings. The van der Waals surface area contributed by atoms with Gasteiger partial charge in [-0.2, -0.15) is 11.8 Å². The molecule has 17 heavy (non-hydrogen) atoms. The molecule has 5 nitrogen and oxygen atoms in total. The standard InChI is InChI=1S/C11H23N3O2S/c1-8(2)14(6-5-10(12)13-16)11(15)9(3)7-17-4/h8-9,16H,5-7H2,1-4H3,(H2,12,13). The fourth-order valence-electron chi connectivity index (χ4n) is 1.51. The fourth-order valence-corrected chi connectivity index (χ4v) is 2.15. The maximum Gasteiger partial charge on any atom is 0.226 e. The summed E-state index contributed by atoms with van der Waals surface area (Å²) in [6, 6.07) is 0.123. The minimum atomic E-state index is -0.000287. The van der Waals surface area contributed by atoms with E-state index in [1.807, 2.05) is 27.0 Å². The van der Waals surface area contributed by atoms with E-state index in [2.05, 4.69) is 5.16 Å². The Bertz CT molecular complexity index is 269. The van der Waals surface area contributed by atoms with E-state index in [0.717, 1.165) is 5.75 Å². The average molecular weight is 261 g/mol. The molecule has 0 heterocycles. The van der Waals surface area contributed by atoms with Crippen LogP contribution in [0, 0.1) is 5.92 Å². The highest BCUT2D eigenvalue weighted by Crippen LogP contribution is 2.11. The van der Waals surface area contributed by atoms with Gasteiger partial charge in [-0.1, -0.05) is 12.1 Å². The largest absolute Gasteiger partial charge is 0.409 e. The van der Waals surface area contributed by atoms with E-state index in [0.29, 0.717) is 13.0 Å². The smallest absolute Gasteiger partial charge is 0.226 e. The molecule has 0 saturated carbocycles. The molecule has 0 spiro atoms. The van der Waals surface area contributed by atoms with Gasteiger partial charge in [-0.3, -0.25) is 4.79 Å². The lowest BCUT2D eigenvalue weighted by Gasteiger charge is -2.29. The lowest BCUT2D eigenvalue weighted by molar-refractivity contribution is -0.135. The molecule has 0 fully saturated rings. The number of nitrogens with two attached hydrogens (primary N) is 1. The zero-order valence-electron chi connectivity index (χ0n) is 11.0. The molecule has 100 valence electrons. The Kier molecular flexibility index (Phi) is 7.78. The number of oxime groups is 1. The summed E-state index contributed by atoms with van der Waals surface area (Å²) >= 11 is 1.66. The number of carbonyl (C=O) groups is 1. The molecule has 0 aliphatic carbocycles. The highest BCUT2D eigenvalue weighted by Gasteiger charge is 2.22. The van der Waals surface area contributed by atoms with Crippen LogP contribution in [0.5, 0.6) is 0 Å². The molecule has 3 N–H and O–H groups in total. The summed E-state index contributed by atoms with van der Waals surface area (Å²) in [5, 5.41) is 11.4. The quantitative estimate of drug-likeness (QED) is 0.314. The van der Waals surface area contributed by atoms with Gasteiger partial charge < -0.3 is 15.8 Å². The van der Waals surface area contributed by atoms with Crippen LogP contribution in [0.2, 0.25) is 0 Å². The number of rotatable bonds is 7. The van der Waals surface area contributed by atoms with Crippen LogP contribution in [-0.4, -0.2) is 46.4 Å². The topological polar surface area (TPSA) is 78.9 Å². The third-order valence-corrected chi connectivity index (χ3v) is 3.32. The molecule has 0 aliphatic heterocycles. The summed E-state index contributed by atoms with van der Waals surface area (Å²) < 4.78 is 0. The summed E-state index contributed by atoms with van der Waals surface area (Å²) in [6.07, 6.45) is 2.38. The van der Waals surface area contributed by atoms with Crippen LogP contribution in [-0.2, 0) is 4.79 Å². The van der Waals surface area contributed by atoms with Gasteiger partial charge in [0, 0.05) is 30.7 Å². The summed E-state index contributed by atoms with van der Waals surface area (Å²) in [5.74, 6) is 1.09. The first kappa shape index (κ1) is 16.1. The number of amides is 1. The van der Waals surface area contributed by atoms with Gasteiger partial charge >= 0.3 is 0 Å². The van der Waals surface area contributed by atoms with Gasteiger partial charge in [0.25, 0.3) is 0 Å². The van der Waals surface area contributed by atoms with E-state index in [1.54, 1.807) is 16.7 Å². The monoisotopic (exact) mass is 261 g/mol. The molecule has 0 aromatic carbocycles. The van der Waals surface area contributed by atoms with Crippen molar-refractivity contribution in [3.05, 3.63) is 0 Å². The van der Waals surface area contributed by atoms with Crippen molar-refractivity contribution in [3.63, 3.8) is 0 Å². The van der Waals surface area contributed by atoms with Gasteiger partial charge in [0.2, 0.25) is 5.91 Å². The molecule has 0 bridgehead atoms. The van der Waals surface area contributed by atoms with Crippen LogP contribution >= 0.6 is 11.8 Å². The van der Waals surface area contributed by atoms with Crippen LogP contribution in [0.1, 0.15) is 27.2 Å². The van der Waals surface area contributed by atoms with Gasteiger partial charge in [0.1, 0.15) is 5.84 Å². The van der Waals surface area contributed by atoms with Gasteiger partial charge in [-0.05, 0) is 20.1 Å². The van der Waals surface area contributed by atoms with Crippen molar-refractivity contribution < 1.29 is 10.0 Å². The minimum Gasteiger partial charge on any atom is -0.409 e. The second-order valence-electron chi connectivity index (χ2n) is 4.32. The minimum absolute atomic E-state index is 0.000287. The molecular weight excluding hydrogens is 238 g/mol. The Morgan fingerprint density at radius 3 is 2.47 bits per heavy atom. The summed E-state index contributed by atoms with van der Waals surface area (Å²) in [5.41, 5.74) is 5.41. The molecule has 1 atom stereocenters. The molecule has 0 aromatic heterocycles. The van der Waals surface area contributed by atoms with E-state index in [1.165, 1.54) is 0 Å². The predicted octanol–water partition coefficient (Wildman–Crippen LogP) is 1.36. The highest BCUT2D eigenvalue weighted by atomic mass is 32.2. The lowest BCUT2D eigenvalue weighted by atomic mass is 10.1. The first-order valence-corrected chi connectivity index (χ1v) is 7.09. The molecule has 0 saturated heterocycles. The van der Waals surface area contributed by atoms with Crippen molar-refractivity contribution >= 4 is 23.5 Å². The fraction of sp³-hybridized carbons (Fsp3) is 0.818. The number of hydrogen-bond acceptors (Lipinski definition) is 4. The van der Waals surface area contributed by atoms with Gasteiger partial charge in [-0.15, -0.1) is 0 Å². The van der Waals surface area contributed by atoms with Crippen LogP contribution in [0.4, 0.5) is 0 Å². The van der Waals surface area contributed by atoms with Crippen molar-refractivity contribution in [2.45, 2.75) is 33.2 Å². The van der Waals surface area contributed by atoms with Crippen molar-refractivity contribution in [2.75, 3.05) is 18.6 Å². The molecular formula is C11H23N3O2S. The Morgan fingerprint density at radius 1 is 1.47 bits per heavy atom. The maximum atomic E-state index is 12.1. The van der Waals surface area contributed by atoms with E-state index in [9.17, 15) is 4.79 Å². The van der Waals surface area contributed by atoms with Crippen molar-refractivity contribution in [2.24, 2.45) is 16.8 Å². The third-order valence-electron chi connectivity index (χ3n) is 2.48. The number of thioether (sulfide) groups is 1. The molecule has 1 unspecified atom stereocenters. The van der Waals surface area contributed by atoms with E-state index < -0.39 is 0 Å². The number of amidine groups is 1. The van der Waals surface area contributed by atoms with E-state index in [4.69, 9.17) is 10.9 Å². The van der Waals surface area contributed by atoms with Gasteiger partial charge in [-0.25, -0.2) is 0 Å². The number of carbonyl (C=O) groups excluding carboxylic acids is 1. The van der Waals surface area contributed by atoms with E-state index in [-0.39, 0.29) is 23.7 Å². The first-order chi connectivity index (χ1) is 7.93. The van der Waals surface area contributed by atoms with Crippen LogP contribution in [0.3, 0.4) is 0 Å². The van der Waals surface area contributed by atoms with E-state index >= 15 is 0 Å². The maximum absolute atomic E-state index is 12.1. The number of nitrogens with zero attached hydrogens (tertiary/aromatic N) is 2. The molecule has 1 amide bonds. The second-order valence-corrected chi connectivity index (χ2v) is 5.23. The third kappa shape index (κ3) is 5.81. The molecule has 0 aromatic rings. The van der Waals surface area contributed by atoms with Crippen LogP contribution in [0.15, 0.2) is 5.16 Å². The number of hydrogen-bond donors (Lipinski definition) is 2. The van der Waals surface area contributed by atoms with Gasteiger partial charge in [0.15, 0.2) is 0 Å². The van der Waals surface area contributed by atoms with Crippen molar-refractivity contribution in [3.8, 4) is 0 Å². The Morgan fingerprint density at radius 2 is 2.06 bits per heavy atom. The second kappa shape index (κ2) is 8.22. The van der Waals surface area contributed by atoms with Crippen LogP contribution < -0.4 is 5.73 Å². The zero-order valence-corrected chi connectivity index (χ0v) is 11.8. The average Bonchev–Trinajstić information content (AvgIpc) is 2.28. The lowest BCUT2D eigenvalue weighted by Crippen LogP contribution is -2.42. The zero-order chi connectivity index (χ0) is 13.4. The van der Waals surface area contributed by atoms with Crippen molar-refractivity contribution in [1.29, 1.82) is 0 Å². The Balaban J connectivity index is 4.46. The first-order valence-electron chi connectivity index (χ1n) is 5.69. The predicted molar refractivity (Wildman–Crippen MR) is 72.4 cm³/mol. The SMILES string of the molecule is CSCC(C)C(=O)N(CCC(N)=NO)C(C)C. The highest BCUT2D eigenvalue weighted by molar-refractivity contribution is 7.98. The summed E-state index contributed by atoms with van der Waals surface area (Å²) in [7, 11) is 0. The van der Waals surface area contributed by atoms with Gasteiger partial charge in [0.05, 0.1) is 0 Å². The molecule has 6 heteroatoms. The Labute approximate surface area is 107 Å². The summed E-state index contributed by atoms with van der Waals surface area (Å²) in [6.45, 7) is 6.36. The van der Waals surface area contributed by atoms with Crippen molar-refractivity contribution in [1.82, 2.24) is 4.90 Å². The Hall–Kier alpha value is -0.910. The molecule has 0 radical (unpaired) electrons. The summed E-state index contributed by atoms with van der Waals surface area (Å²) in [4.78, 5) is 13.9. The van der Waals surface area contributed by atoms with Crippen LogP contribution in [0.25, 0.3) is 0 Å².